The van der Waals surface area contributed by atoms with Crippen molar-refractivity contribution in [2.45, 2.75) is 12.5 Å². The Morgan fingerprint density at radius 2 is 1.88 bits per heavy atom. The van der Waals surface area contributed by atoms with E-state index in [9.17, 15) is 9.59 Å². The van der Waals surface area contributed by atoms with Gasteiger partial charge in [0.2, 0.25) is 0 Å². The number of benzene rings is 2. The number of aromatic nitrogens is 2. The van der Waals surface area contributed by atoms with Crippen molar-refractivity contribution < 1.29 is 14.3 Å². The number of ketones is 1. The summed E-state index contributed by atoms with van der Waals surface area (Å²) in [5.41, 5.74) is 8.59. The lowest BCUT2D eigenvalue weighted by atomic mass is 9.96. The van der Waals surface area contributed by atoms with E-state index in [4.69, 9.17) is 10.5 Å². The van der Waals surface area contributed by atoms with Crippen LogP contribution in [0, 0.1) is 0 Å². The van der Waals surface area contributed by atoms with Gasteiger partial charge < -0.3 is 15.0 Å². The monoisotopic (exact) mass is 333 g/mol. The SMILES string of the molecule is NC(=O)Oc1ccccc1C(=O)CC1c2ccccc2-c2cncn21. The van der Waals surface area contributed by atoms with Crippen LogP contribution in [0.25, 0.3) is 11.3 Å². The molecular weight excluding hydrogens is 318 g/mol. The second-order valence-corrected chi connectivity index (χ2v) is 5.83. The molecule has 1 amide bonds. The molecule has 1 aliphatic heterocycles. The number of ether oxygens (including phenoxy) is 1. The number of hydrogen-bond donors (Lipinski definition) is 1. The minimum Gasteiger partial charge on any atom is -0.410 e. The molecule has 2 aromatic carbocycles. The minimum atomic E-state index is -0.941. The number of para-hydroxylation sites is 1. The molecule has 2 N–H and O–H groups in total. The van der Waals surface area contributed by atoms with Gasteiger partial charge in [0, 0.05) is 12.0 Å². The number of amides is 1. The van der Waals surface area contributed by atoms with Crippen LogP contribution in [0.15, 0.2) is 61.1 Å². The predicted molar refractivity (Wildman–Crippen MR) is 91.4 cm³/mol. The molecule has 6 nitrogen and oxygen atoms in total. The number of rotatable bonds is 4. The van der Waals surface area contributed by atoms with Gasteiger partial charge in [-0.25, -0.2) is 9.78 Å². The Morgan fingerprint density at radius 1 is 1.12 bits per heavy atom. The summed E-state index contributed by atoms with van der Waals surface area (Å²) >= 11 is 0. The zero-order chi connectivity index (χ0) is 17.4. The van der Waals surface area contributed by atoms with Crippen molar-refractivity contribution in [1.29, 1.82) is 0 Å². The molecule has 1 aliphatic rings. The summed E-state index contributed by atoms with van der Waals surface area (Å²) in [6, 6.07) is 14.4. The fourth-order valence-electron chi connectivity index (χ4n) is 3.32. The molecule has 6 heteroatoms. The Balaban J connectivity index is 1.68. The number of primary amides is 1. The molecule has 25 heavy (non-hydrogen) atoms. The number of Topliss-reactive ketones (excluding diaryl/α,β-unsaturated/α-hetero) is 1. The summed E-state index contributed by atoms with van der Waals surface area (Å²) in [5, 5.41) is 0. The lowest BCUT2D eigenvalue weighted by Gasteiger charge is -2.15. The highest BCUT2D eigenvalue weighted by molar-refractivity contribution is 6.00. The summed E-state index contributed by atoms with van der Waals surface area (Å²) in [7, 11) is 0. The molecule has 1 atom stereocenters. The quantitative estimate of drug-likeness (QED) is 0.743. The first kappa shape index (κ1) is 15.1. The van der Waals surface area contributed by atoms with Crippen molar-refractivity contribution in [3.63, 3.8) is 0 Å². The first-order valence-corrected chi connectivity index (χ1v) is 7.86. The summed E-state index contributed by atoms with van der Waals surface area (Å²) in [4.78, 5) is 28.1. The average Bonchev–Trinajstić information content (AvgIpc) is 3.18. The van der Waals surface area contributed by atoms with Crippen molar-refractivity contribution >= 4 is 11.9 Å². The lowest BCUT2D eigenvalue weighted by molar-refractivity contribution is 0.0968. The van der Waals surface area contributed by atoms with Crippen LogP contribution < -0.4 is 10.5 Å². The number of carbonyl (C=O) groups is 2. The third-order valence-electron chi connectivity index (χ3n) is 4.37. The van der Waals surface area contributed by atoms with Crippen LogP contribution in [-0.2, 0) is 0 Å². The van der Waals surface area contributed by atoms with Crippen LogP contribution in [0.5, 0.6) is 5.75 Å². The van der Waals surface area contributed by atoms with Crippen LogP contribution in [0.3, 0.4) is 0 Å². The number of carbonyl (C=O) groups excluding carboxylic acids is 2. The second-order valence-electron chi connectivity index (χ2n) is 5.83. The van der Waals surface area contributed by atoms with Crippen LogP contribution in [-0.4, -0.2) is 21.4 Å². The van der Waals surface area contributed by atoms with Gasteiger partial charge in [0.05, 0.1) is 29.8 Å². The van der Waals surface area contributed by atoms with Crippen molar-refractivity contribution in [3.05, 3.63) is 72.2 Å². The maximum absolute atomic E-state index is 12.9. The van der Waals surface area contributed by atoms with Crippen molar-refractivity contribution in [1.82, 2.24) is 9.55 Å². The van der Waals surface area contributed by atoms with E-state index in [0.29, 0.717) is 5.56 Å². The largest absolute Gasteiger partial charge is 0.410 e. The Morgan fingerprint density at radius 3 is 2.72 bits per heavy atom. The molecule has 0 spiro atoms. The molecule has 0 fully saturated rings. The molecular formula is C19H15N3O3. The second kappa shape index (κ2) is 5.90. The van der Waals surface area contributed by atoms with Gasteiger partial charge in [-0.15, -0.1) is 0 Å². The van der Waals surface area contributed by atoms with Crippen molar-refractivity contribution in [2.75, 3.05) is 0 Å². The molecule has 4 rings (SSSR count). The Labute approximate surface area is 143 Å². The van der Waals surface area contributed by atoms with Gasteiger partial charge in [-0.2, -0.15) is 0 Å². The fraction of sp³-hybridized carbons (Fsp3) is 0.105. The third-order valence-corrected chi connectivity index (χ3v) is 4.37. The van der Waals surface area contributed by atoms with Crippen LogP contribution in [0.1, 0.15) is 28.4 Å². The topological polar surface area (TPSA) is 87.2 Å². The molecule has 0 aliphatic carbocycles. The summed E-state index contributed by atoms with van der Waals surface area (Å²) in [5.74, 6) is 0.0512. The van der Waals surface area contributed by atoms with Gasteiger partial charge in [-0.05, 0) is 17.7 Å². The van der Waals surface area contributed by atoms with Crippen LogP contribution in [0.4, 0.5) is 4.79 Å². The summed E-state index contributed by atoms with van der Waals surface area (Å²) in [6.07, 6.45) is 2.83. The van der Waals surface area contributed by atoms with Crippen LogP contribution in [0.2, 0.25) is 0 Å². The van der Waals surface area contributed by atoms with E-state index in [-0.39, 0.29) is 24.0 Å². The lowest BCUT2D eigenvalue weighted by Crippen LogP contribution is -2.19. The molecule has 0 saturated heterocycles. The van der Waals surface area contributed by atoms with E-state index in [1.807, 2.05) is 28.8 Å². The molecule has 1 aromatic heterocycles. The molecule has 0 radical (unpaired) electrons. The first-order chi connectivity index (χ1) is 12.1. The predicted octanol–water partition coefficient (Wildman–Crippen LogP) is 3.18. The van der Waals surface area contributed by atoms with Gasteiger partial charge in [-0.3, -0.25) is 4.79 Å². The number of fused-ring (bicyclic) bond motifs is 3. The molecule has 2 heterocycles. The van der Waals surface area contributed by atoms with Gasteiger partial charge >= 0.3 is 6.09 Å². The Hall–Kier alpha value is -3.41. The van der Waals surface area contributed by atoms with E-state index < -0.39 is 6.09 Å². The normalized spacial score (nSPS) is 14.6. The van der Waals surface area contributed by atoms with Crippen LogP contribution >= 0.6 is 0 Å². The summed E-state index contributed by atoms with van der Waals surface area (Å²) in [6.45, 7) is 0. The minimum absolute atomic E-state index is 0.127. The highest BCUT2D eigenvalue weighted by Crippen LogP contribution is 2.41. The number of nitrogens with two attached hydrogens (primary N) is 1. The molecule has 0 bridgehead atoms. The maximum Gasteiger partial charge on any atom is 0.409 e. The molecule has 0 saturated carbocycles. The average molecular weight is 333 g/mol. The number of hydrogen-bond acceptors (Lipinski definition) is 4. The van der Waals surface area contributed by atoms with E-state index in [1.165, 1.54) is 0 Å². The molecule has 3 aromatic rings. The van der Waals surface area contributed by atoms with Crippen molar-refractivity contribution in [2.24, 2.45) is 5.73 Å². The smallest absolute Gasteiger partial charge is 0.409 e. The maximum atomic E-state index is 12.9. The number of nitrogens with zero attached hydrogens (tertiary/aromatic N) is 2. The number of imidazole rings is 1. The highest BCUT2D eigenvalue weighted by Gasteiger charge is 2.30. The molecule has 1 unspecified atom stereocenters. The van der Waals surface area contributed by atoms with Crippen molar-refractivity contribution in [3.8, 4) is 17.0 Å². The standard InChI is InChI=1S/C19H15N3O3/c20-19(24)25-18-8-4-3-7-14(18)17(23)9-15-12-5-1-2-6-13(12)16-10-21-11-22(15)16/h1-8,10-11,15H,9H2,(H2,20,24). The van der Waals surface area contributed by atoms with E-state index in [1.54, 1.807) is 36.8 Å². The zero-order valence-corrected chi connectivity index (χ0v) is 13.3. The van der Waals surface area contributed by atoms with Gasteiger partial charge in [0.1, 0.15) is 5.75 Å². The van der Waals surface area contributed by atoms with E-state index in [0.717, 1.165) is 16.8 Å². The fourth-order valence-corrected chi connectivity index (χ4v) is 3.32. The zero-order valence-electron chi connectivity index (χ0n) is 13.3. The van der Waals surface area contributed by atoms with E-state index >= 15 is 0 Å². The van der Waals surface area contributed by atoms with Gasteiger partial charge in [0.15, 0.2) is 5.78 Å². The van der Waals surface area contributed by atoms with Gasteiger partial charge in [-0.1, -0.05) is 36.4 Å². The highest BCUT2D eigenvalue weighted by atomic mass is 16.5. The summed E-state index contributed by atoms with van der Waals surface area (Å²) < 4.78 is 6.95. The Bertz CT molecular complexity index is 977. The van der Waals surface area contributed by atoms with E-state index in [2.05, 4.69) is 4.98 Å². The first-order valence-electron chi connectivity index (χ1n) is 7.86. The Kier molecular flexibility index (Phi) is 3.57. The molecule has 124 valence electrons. The van der Waals surface area contributed by atoms with Gasteiger partial charge in [0.25, 0.3) is 0 Å². The third kappa shape index (κ3) is 2.57.